The molecule has 0 spiro atoms. The number of nitrogens with two attached hydrogens (primary N) is 1. The van der Waals surface area contributed by atoms with E-state index in [9.17, 15) is 9.90 Å². The van der Waals surface area contributed by atoms with Crippen LogP contribution in [-0.2, 0) is 4.74 Å². The van der Waals surface area contributed by atoms with E-state index in [2.05, 4.69) is 10.1 Å². The Kier molecular flexibility index (Phi) is 7.02. The van der Waals surface area contributed by atoms with Gasteiger partial charge in [0.2, 0.25) is 0 Å². The molecule has 1 atom stereocenters. The second-order valence-corrected chi connectivity index (χ2v) is 4.23. The van der Waals surface area contributed by atoms with Gasteiger partial charge in [0.05, 0.1) is 0 Å². The number of hydrogen-bond acceptors (Lipinski definition) is 5. The lowest BCUT2D eigenvalue weighted by Gasteiger charge is -2.13. The fourth-order valence-electron chi connectivity index (χ4n) is 1.30. The van der Waals surface area contributed by atoms with Gasteiger partial charge < -0.3 is 25.6 Å². The van der Waals surface area contributed by atoms with Crippen LogP contribution in [0, 0.1) is 0 Å². The van der Waals surface area contributed by atoms with Gasteiger partial charge in [-0.3, -0.25) is 0 Å². The van der Waals surface area contributed by atoms with Crippen LogP contribution >= 0.6 is 11.6 Å². The van der Waals surface area contributed by atoms with Gasteiger partial charge in [-0.05, 0) is 18.2 Å². The molecule has 0 aromatic heterocycles. The van der Waals surface area contributed by atoms with Gasteiger partial charge in [-0.25, -0.2) is 4.79 Å². The molecule has 6 nitrogen and oxygen atoms in total. The third-order valence-electron chi connectivity index (χ3n) is 2.14. The second kappa shape index (κ2) is 8.58. The van der Waals surface area contributed by atoms with E-state index < -0.39 is 12.2 Å². The van der Waals surface area contributed by atoms with Gasteiger partial charge in [-0.1, -0.05) is 17.7 Å². The quantitative estimate of drug-likeness (QED) is 0.614. The largest absolute Gasteiger partial charge is 0.491 e. The summed E-state index contributed by atoms with van der Waals surface area (Å²) >= 11 is 5.80. The molecule has 0 radical (unpaired) electrons. The molecule has 1 aromatic carbocycles. The van der Waals surface area contributed by atoms with Crippen molar-refractivity contribution in [3.63, 3.8) is 0 Å². The number of nitrogens with one attached hydrogen (secondary N) is 1. The van der Waals surface area contributed by atoms with Gasteiger partial charge >= 0.3 is 6.09 Å². The maximum absolute atomic E-state index is 10.3. The summed E-state index contributed by atoms with van der Waals surface area (Å²) in [5.74, 6) is 0.601. The zero-order valence-corrected chi connectivity index (χ0v) is 11.1. The number of ether oxygens (including phenoxy) is 2. The average molecular weight is 289 g/mol. The zero-order valence-electron chi connectivity index (χ0n) is 10.3. The molecule has 19 heavy (non-hydrogen) atoms. The maximum Gasteiger partial charge on any atom is 0.404 e. The van der Waals surface area contributed by atoms with Gasteiger partial charge in [0.25, 0.3) is 0 Å². The number of carbonyl (C=O) groups excluding carboxylic acids is 1. The summed E-state index contributed by atoms with van der Waals surface area (Å²) in [6.07, 6.45) is -1.49. The van der Waals surface area contributed by atoms with Gasteiger partial charge in [0.15, 0.2) is 0 Å². The van der Waals surface area contributed by atoms with Crippen molar-refractivity contribution in [2.45, 2.75) is 6.10 Å². The predicted octanol–water partition coefficient (Wildman–Crippen LogP) is 0.765. The van der Waals surface area contributed by atoms with Gasteiger partial charge in [0, 0.05) is 18.1 Å². The first-order valence-corrected chi connectivity index (χ1v) is 6.15. The molecule has 1 unspecified atom stereocenters. The lowest BCUT2D eigenvalue weighted by molar-refractivity contribution is 0.104. The van der Waals surface area contributed by atoms with Crippen molar-refractivity contribution in [2.75, 3.05) is 26.3 Å². The summed E-state index contributed by atoms with van der Waals surface area (Å²) in [6, 6.07) is 6.93. The summed E-state index contributed by atoms with van der Waals surface area (Å²) in [6.45, 7) is 1.04. The highest BCUT2D eigenvalue weighted by atomic mass is 35.5. The fourth-order valence-corrected chi connectivity index (χ4v) is 1.48. The minimum atomic E-state index is -0.813. The second-order valence-electron chi connectivity index (χ2n) is 3.79. The molecule has 106 valence electrons. The first-order valence-electron chi connectivity index (χ1n) is 5.77. The molecule has 0 heterocycles. The Balaban J connectivity index is 2.11. The Labute approximate surface area is 116 Å². The van der Waals surface area contributed by atoms with Crippen molar-refractivity contribution in [3.8, 4) is 5.75 Å². The van der Waals surface area contributed by atoms with E-state index >= 15 is 0 Å². The topological polar surface area (TPSA) is 93.8 Å². The highest BCUT2D eigenvalue weighted by Crippen LogP contribution is 2.17. The molecule has 0 aliphatic carbocycles. The number of benzene rings is 1. The average Bonchev–Trinajstić information content (AvgIpc) is 2.35. The van der Waals surface area contributed by atoms with Crippen molar-refractivity contribution in [3.05, 3.63) is 29.3 Å². The van der Waals surface area contributed by atoms with Crippen molar-refractivity contribution in [2.24, 2.45) is 5.73 Å². The Morgan fingerprint density at radius 2 is 2.32 bits per heavy atom. The number of aliphatic hydroxyl groups is 1. The minimum absolute atomic E-state index is 0.143. The molecule has 0 aliphatic heterocycles. The number of carbonyl (C=O) groups is 1. The monoisotopic (exact) mass is 288 g/mol. The van der Waals surface area contributed by atoms with Gasteiger partial charge in [0.1, 0.15) is 25.1 Å². The lowest BCUT2D eigenvalue weighted by atomic mass is 10.3. The normalized spacial score (nSPS) is 11.9. The highest BCUT2D eigenvalue weighted by molar-refractivity contribution is 6.30. The van der Waals surface area contributed by atoms with E-state index in [1.54, 1.807) is 24.3 Å². The van der Waals surface area contributed by atoms with E-state index in [0.717, 1.165) is 0 Å². The third kappa shape index (κ3) is 7.50. The van der Waals surface area contributed by atoms with Crippen molar-refractivity contribution >= 4 is 17.7 Å². The molecule has 1 aromatic rings. The SMILES string of the molecule is NC(=O)OCCNCC(O)COc1cccc(Cl)c1. The molecule has 0 bridgehead atoms. The molecule has 4 N–H and O–H groups in total. The summed E-state index contributed by atoms with van der Waals surface area (Å²) in [5.41, 5.74) is 4.79. The number of aliphatic hydroxyl groups excluding tert-OH is 1. The van der Waals surface area contributed by atoms with Crippen molar-refractivity contribution < 1.29 is 19.4 Å². The van der Waals surface area contributed by atoms with E-state index in [1.807, 2.05) is 0 Å². The van der Waals surface area contributed by atoms with Crippen LogP contribution in [0.15, 0.2) is 24.3 Å². The third-order valence-corrected chi connectivity index (χ3v) is 2.38. The van der Waals surface area contributed by atoms with E-state index in [0.29, 0.717) is 23.9 Å². The summed E-state index contributed by atoms with van der Waals surface area (Å²) in [5, 5.41) is 13.1. The molecule has 1 amide bonds. The fraction of sp³-hybridized carbons (Fsp3) is 0.417. The molecular weight excluding hydrogens is 272 g/mol. The Morgan fingerprint density at radius 3 is 3.00 bits per heavy atom. The van der Waals surface area contributed by atoms with Crippen LogP contribution in [-0.4, -0.2) is 43.6 Å². The predicted molar refractivity (Wildman–Crippen MR) is 71.4 cm³/mol. The molecular formula is C12H17ClN2O4. The van der Waals surface area contributed by atoms with Crippen molar-refractivity contribution in [1.29, 1.82) is 0 Å². The lowest BCUT2D eigenvalue weighted by Crippen LogP contribution is -2.33. The molecule has 1 rings (SSSR count). The minimum Gasteiger partial charge on any atom is -0.491 e. The van der Waals surface area contributed by atoms with E-state index in [4.69, 9.17) is 22.1 Å². The van der Waals surface area contributed by atoms with Gasteiger partial charge in [-0.15, -0.1) is 0 Å². The summed E-state index contributed by atoms with van der Waals surface area (Å²) in [4.78, 5) is 10.3. The number of primary amides is 1. The molecule has 7 heteroatoms. The number of hydrogen-bond donors (Lipinski definition) is 3. The van der Waals surface area contributed by atoms with E-state index in [1.165, 1.54) is 0 Å². The highest BCUT2D eigenvalue weighted by Gasteiger charge is 2.05. The first kappa shape index (κ1) is 15.6. The molecule has 0 aliphatic rings. The van der Waals surface area contributed by atoms with Crippen LogP contribution in [0.4, 0.5) is 4.79 Å². The molecule has 0 saturated heterocycles. The Hall–Kier alpha value is -1.50. The number of amides is 1. The number of rotatable bonds is 8. The summed E-state index contributed by atoms with van der Waals surface area (Å²) in [7, 11) is 0. The summed E-state index contributed by atoms with van der Waals surface area (Å²) < 4.78 is 9.88. The van der Waals surface area contributed by atoms with E-state index in [-0.39, 0.29) is 13.2 Å². The maximum atomic E-state index is 10.3. The zero-order chi connectivity index (χ0) is 14.1. The van der Waals surface area contributed by atoms with Crippen LogP contribution in [0.25, 0.3) is 0 Å². The first-order chi connectivity index (χ1) is 9.08. The molecule has 0 fully saturated rings. The standard InChI is InChI=1S/C12H17ClN2O4/c13-9-2-1-3-11(6-9)19-8-10(16)7-15-4-5-18-12(14)17/h1-3,6,10,15-16H,4-5,7-8H2,(H2,14,17). The van der Waals surface area contributed by atoms with Crippen LogP contribution in [0.1, 0.15) is 0 Å². The molecule has 0 saturated carbocycles. The van der Waals surface area contributed by atoms with Crippen LogP contribution < -0.4 is 15.8 Å². The van der Waals surface area contributed by atoms with Crippen LogP contribution in [0.2, 0.25) is 5.02 Å². The number of halogens is 1. The van der Waals surface area contributed by atoms with Crippen molar-refractivity contribution in [1.82, 2.24) is 5.32 Å². The smallest absolute Gasteiger partial charge is 0.404 e. The van der Waals surface area contributed by atoms with Crippen LogP contribution in [0.3, 0.4) is 0 Å². The Morgan fingerprint density at radius 1 is 1.53 bits per heavy atom. The van der Waals surface area contributed by atoms with Crippen LogP contribution in [0.5, 0.6) is 5.75 Å². The van der Waals surface area contributed by atoms with Gasteiger partial charge in [-0.2, -0.15) is 0 Å². The Bertz CT molecular complexity index is 403.